The Morgan fingerprint density at radius 2 is 1.31 bits per heavy atom. The van der Waals surface area contributed by atoms with E-state index >= 15 is 0 Å². The Balaban J connectivity index is 1.13. The number of hydrogen-bond donors (Lipinski definition) is 0. The van der Waals surface area contributed by atoms with Crippen molar-refractivity contribution in [3.8, 4) is 16.8 Å². The highest BCUT2D eigenvalue weighted by Crippen LogP contribution is 2.64. The normalized spacial score (nSPS) is 20.9. The molecule has 4 atom stereocenters. The summed E-state index contributed by atoms with van der Waals surface area (Å²) in [5, 5.41) is 7.38. The van der Waals surface area contributed by atoms with Gasteiger partial charge < -0.3 is 13.9 Å². The van der Waals surface area contributed by atoms with Gasteiger partial charge in [0, 0.05) is 43.6 Å². The van der Waals surface area contributed by atoms with Gasteiger partial charge in [0.15, 0.2) is 0 Å². The zero-order valence-corrected chi connectivity index (χ0v) is 33.2. The van der Waals surface area contributed by atoms with Gasteiger partial charge in [0.1, 0.15) is 11.2 Å². The van der Waals surface area contributed by atoms with Gasteiger partial charge in [0.05, 0.1) is 28.1 Å². The van der Waals surface area contributed by atoms with Crippen LogP contribution in [0.5, 0.6) is 0 Å². The van der Waals surface area contributed by atoms with Crippen molar-refractivity contribution >= 4 is 71.6 Å². The summed E-state index contributed by atoms with van der Waals surface area (Å²) in [7, 11) is 0. The molecule has 2 aliphatic carbocycles. The van der Waals surface area contributed by atoms with Crippen molar-refractivity contribution in [2.45, 2.75) is 44.4 Å². The predicted octanol–water partition coefficient (Wildman–Crippen LogP) is 15.4. The molecule has 1 spiro atoms. The molecule has 3 aliphatic rings. The lowest BCUT2D eigenvalue weighted by Crippen LogP contribution is -2.52. The number of aromatic nitrogens is 1. The molecule has 2 saturated carbocycles. The fourth-order valence-electron chi connectivity index (χ4n) is 12.6. The van der Waals surface area contributed by atoms with Crippen LogP contribution in [0.4, 0.5) is 17.1 Å². The van der Waals surface area contributed by atoms with Crippen molar-refractivity contribution in [3.63, 3.8) is 0 Å². The number of para-hydroxylation sites is 4. The average Bonchev–Trinajstić information content (AvgIpc) is 3.83. The van der Waals surface area contributed by atoms with E-state index in [4.69, 9.17) is 4.42 Å². The SMILES string of the molecule is CC1C[C@H]2CCC[C@@H](C1)C21c2ccccc2-n2c3ccccc3c3c(N(c4cccc(-c5cccc6c5oc5ccccc56)c4)c4cccc5ccccc45)ccc1c32. The van der Waals surface area contributed by atoms with Gasteiger partial charge in [-0.1, -0.05) is 141 Å². The molecule has 1 aliphatic heterocycles. The zero-order chi connectivity index (χ0) is 38.8. The summed E-state index contributed by atoms with van der Waals surface area (Å²) in [4.78, 5) is 2.55. The maximum absolute atomic E-state index is 6.61. The minimum absolute atomic E-state index is 0.00202. The smallest absolute Gasteiger partial charge is 0.143 e. The van der Waals surface area contributed by atoms with Gasteiger partial charge in [-0.25, -0.2) is 0 Å². The Labute approximate surface area is 344 Å². The average molecular weight is 761 g/mol. The third-order valence-corrected chi connectivity index (χ3v) is 14.7. The van der Waals surface area contributed by atoms with Crippen LogP contribution in [-0.4, -0.2) is 4.57 Å². The largest absolute Gasteiger partial charge is 0.455 e. The fourth-order valence-corrected chi connectivity index (χ4v) is 12.6. The Bertz CT molecular complexity index is 3310. The number of anilines is 3. The summed E-state index contributed by atoms with van der Waals surface area (Å²) < 4.78 is 9.25. The summed E-state index contributed by atoms with van der Waals surface area (Å²) in [5.41, 5.74) is 14.7. The topological polar surface area (TPSA) is 21.3 Å². The quantitative estimate of drug-likeness (QED) is 0.178. The van der Waals surface area contributed by atoms with Crippen molar-refractivity contribution < 1.29 is 4.42 Å². The Kier molecular flexibility index (Phi) is 7.05. The van der Waals surface area contributed by atoms with Crippen molar-refractivity contribution in [1.82, 2.24) is 4.57 Å². The second-order valence-corrected chi connectivity index (χ2v) is 17.7. The van der Waals surface area contributed by atoms with Crippen molar-refractivity contribution in [2.24, 2.45) is 17.8 Å². The highest BCUT2D eigenvalue weighted by atomic mass is 16.3. The molecule has 0 amide bonds. The molecule has 3 heterocycles. The van der Waals surface area contributed by atoms with Crippen LogP contribution in [0.2, 0.25) is 0 Å². The molecule has 0 saturated heterocycles. The Hall–Kier alpha value is -6.58. The van der Waals surface area contributed by atoms with Crippen LogP contribution in [0.25, 0.3) is 71.3 Å². The molecule has 8 aromatic carbocycles. The number of benzene rings is 8. The predicted molar refractivity (Wildman–Crippen MR) is 246 cm³/mol. The number of rotatable bonds is 4. The summed E-state index contributed by atoms with van der Waals surface area (Å²) in [6.45, 7) is 2.51. The molecule has 3 nitrogen and oxygen atoms in total. The number of fused-ring (bicyclic) bond motifs is 9. The molecule has 0 radical (unpaired) electrons. The van der Waals surface area contributed by atoms with Crippen LogP contribution in [0.15, 0.2) is 174 Å². The molecule has 2 unspecified atom stereocenters. The van der Waals surface area contributed by atoms with Gasteiger partial charge in [-0.2, -0.15) is 0 Å². The van der Waals surface area contributed by atoms with Crippen molar-refractivity contribution in [3.05, 3.63) is 181 Å². The molecule has 2 fully saturated rings. The third-order valence-electron chi connectivity index (χ3n) is 14.7. The molecule has 13 rings (SSSR count). The Morgan fingerprint density at radius 1 is 0.593 bits per heavy atom. The molecule has 59 heavy (non-hydrogen) atoms. The molecule has 0 N–H and O–H groups in total. The third kappa shape index (κ3) is 4.53. The number of furan rings is 1. The number of hydrogen-bond acceptors (Lipinski definition) is 2. The standard InChI is InChI=1S/C56H44N2O/c1-35-32-38-17-12-18-39(33-35)56(38)46-25-6-8-27-50(46)58-49-26-7-4-22-45(49)53-51(31-30-47(56)54(53)58)57(48-28-11-15-36-14-2-3-20-41(36)48)40-19-10-16-37(34-40)42-23-13-24-44-43-21-5-9-29-52(43)59-55(42)44/h2-11,13-16,19-31,34-35,38-39H,12,17-18,32-33H2,1H3/t35?,38-,39+,56?. The second-order valence-electron chi connectivity index (χ2n) is 17.7. The van der Waals surface area contributed by atoms with Crippen LogP contribution in [0, 0.1) is 17.8 Å². The maximum Gasteiger partial charge on any atom is 0.143 e. The van der Waals surface area contributed by atoms with Crippen molar-refractivity contribution in [2.75, 3.05) is 4.90 Å². The van der Waals surface area contributed by atoms with Gasteiger partial charge in [-0.3, -0.25) is 0 Å². The Morgan fingerprint density at radius 3 is 2.20 bits per heavy atom. The van der Waals surface area contributed by atoms with Gasteiger partial charge >= 0.3 is 0 Å². The minimum Gasteiger partial charge on any atom is -0.455 e. The summed E-state index contributed by atoms with van der Waals surface area (Å²) in [6.07, 6.45) is 6.52. The van der Waals surface area contributed by atoms with E-state index in [2.05, 4.69) is 186 Å². The van der Waals surface area contributed by atoms with Crippen LogP contribution in [0.3, 0.4) is 0 Å². The fraction of sp³-hybridized carbons (Fsp3) is 0.179. The van der Waals surface area contributed by atoms with Crippen LogP contribution in [-0.2, 0) is 5.41 Å². The maximum atomic E-state index is 6.61. The molecule has 3 heteroatoms. The van der Waals surface area contributed by atoms with Crippen LogP contribution >= 0.6 is 0 Å². The molecule has 2 bridgehead atoms. The van der Waals surface area contributed by atoms with Crippen LogP contribution in [0.1, 0.15) is 50.2 Å². The lowest BCUT2D eigenvalue weighted by atomic mass is 9.47. The van der Waals surface area contributed by atoms with E-state index in [1.165, 1.54) is 87.3 Å². The highest BCUT2D eigenvalue weighted by molar-refractivity contribution is 6.19. The lowest BCUT2D eigenvalue weighted by molar-refractivity contribution is 0.0532. The molecular formula is C56H44N2O. The van der Waals surface area contributed by atoms with E-state index in [9.17, 15) is 0 Å². The second kappa shape index (κ2) is 12.5. The van der Waals surface area contributed by atoms with Gasteiger partial charge in [-0.15, -0.1) is 0 Å². The molecule has 10 aromatic rings. The van der Waals surface area contributed by atoms with Crippen molar-refractivity contribution in [1.29, 1.82) is 0 Å². The first kappa shape index (κ1) is 33.4. The minimum atomic E-state index is -0.00202. The monoisotopic (exact) mass is 760 g/mol. The summed E-state index contributed by atoms with van der Waals surface area (Å²) in [5.74, 6) is 2.00. The van der Waals surface area contributed by atoms with E-state index in [1.807, 2.05) is 0 Å². The first-order chi connectivity index (χ1) is 29.2. The van der Waals surface area contributed by atoms with E-state index in [0.717, 1.165) is 44.7 Å². The van der Waals surface area contributed by atoms with E-state index < -0.39 is 0 Å². The van der Waals surface area contributed by atoms with Crippen LogP contribution < -0.4 is 4.90 Å². The summed E-state index contributed by atoms with van der Waals surface area (Å²) in [6, 6.07) is 63.4. The van der Waals surface area contributed by atoms with Gasteiger partial charge in [-0.05, 0) is 108 Å². The first-order valence-electron chi connectivity index (χ1n) is 21.6. The van der Waals surface area contributed by atoms with E-state index in [1.54, 1.807) is 5.56 Å². The first-order valence-corrected chi connectivity index (χ1v) is 21.6. The van der Waals surface area contributed by atoms with Gasteiger partial charge in [0.2, 0.25) is 0 Å². The zero-order valence-electron chi connectivity index (χ0n) is 33.2. The highest BCUT2D eigenvalue weighted by Gasteiger charge is 2.56. The van der Waals surface area contributed by atoms with E-state index in [0.29, 0.717) is 11.8 Å². The van der Waals surface area contributed by atoms with Gasteiger partial charge in [0.25, 0.3) is 0 Å². The molecular weight excluding hydrogens is 717 g/mol. The lowest BCUT2D eigenvalue weighted by Gasteiger charge is -2.57. The summed E-state index contributed by atoms with van der Waals surface area (Å²) >= 11 is 0. The molecule has 2 aromatic heterocycles. The van der Waals surface area contributed by atoms with E-state index in [-0.39, 0.29) is 5.41 Å². The number of nitrogens with zero attached hydrogens (tertiary/aromatic N) is 2. The molecule has 284 valence electrons.